The summed E-state index contributed by atoms with van der Waals surface area (Å²) in [4.78, 5) is 26.0. The zero-order chi connectivity index (χ0) is 15.1. The van der Waals surface area contributed by atoms with E-state index >= 15 is 0 Å². The van der Waals surface area contributed by atoms with Gasteiger partial charge in [0.05, 0.1) is 6.54 Å². The number of likely N-dealkylation sites (N-methyl/N-ethyl adjacent to an activating group) is 1. The summed E-state index contributed by atoms with van der Waals surface area (Å²) in [6, 6.07) is 0. The van der Waals surface area contributed by atoms with E-state index in [1.807, 2.05) is 19.0 Å². The molecule has 0 radical (unpaired) electrons. The van der Waals surface area contributed by atoms with Crippen LogP contribution in [0.2, 0.25) is 0 Å². The standard InChI is InChI=1S/C15H27N3O2/c1-12(19)11-13-7-5-6-8-14(13)15(20)18(16-2)10-9-17(3)4/h13-14H,2,5-11H2,1,3-4H3/t13-,14-/m1/s1. The first-order valence-electron chi connectivity index (χ1n) is 7.38. The molecule has 0 N–H and O–H groups in total. The summed E-state index contributed by atoms with van der Waals surface area (Å²) in [5.41, 5.74) is 0. The molecular formula is C15H27N3O2. The van der Waals surface area contributed by atoms with Crippen molar-refractivity contribution in [1.29, 1.82) is 0 Å². The van der Waals surface area contributed by atoms with Crippen LogP contribution in [0.3, 0.4) is 0 Å². The predicted octanol–water partition coefficient (Wildman–Crippen LogP) is 1.78. The number of hydrogen-bond acceptors (Lipinski definition) is 4. The molecule has 5 heteroatoms. The monoisotopic (exact) mass is 281 g/mol. The van der Waals surface area contributed by atoms with E-state index in [2.05, 4.69) is 11.8 Å². The van der Waals surface area contributed by atoms with Crippen molar-refractivity contribution in [2.45, 2.75) is 39.0 Å². The summed E-state index contributed by atoms with van der Waals surface area (Å²) in [6.45, 7) is 6.43. The molecular weight excluding hydrogens is 254 g/mol. The van der Waals surface area contributed by atoms with Gasteiger partial charge in [-0.1, -0.05) is 12.8 Å². The molecule has 0 aromatic heterocycles. The van der Waals surface area contributed by atoms with E-state index in [4.69, 9.17) is 0 Å². The minimum Gasteiger partial charge on any atom is -0.308 e. The Morgan fingerprint density at radius 1 is 1.20 bits per heavy atom. The van der Waals surface area contributed by atoms with Crippen LogP contribution < -0.4 is 0 Å². The molecule has 1 fully saturated rings. The first kappa shape index (κ1) is 16.8. The van der Waals surface area contributed by atoms with Crippen molar-refractivity contribution in [3.63, 3.8) is 0 Å². The molecule has 1 amide bonds. The van der Waals surface area contributed by atoms with Gasteiger partial charge >= 0.3 is 0 Å². The molecule has 1 aliphatic rings. The van der Waals surface area contributed by atoms with Gasteiger partial charge in [0.15, 0.2) is 0 Å². The predicted molar refractivity (Wildman–Crippen MR) is 80.6 cm³/mol. The van der Waals surface area contributed by atoms with Crippen molar-refractivity contribution in [3.8, 4) is 0 Å². The highest BCUT2D eigenvalue weighted by Gasteiger charge is 2.34. The molecule has 1 aliphatic carbocycles. The average Bonchev–Trinajstić information content (AvgIpc) is 2.38. The molecule has 0 saturated heterocycles. The number of nitrogens with zero attached hydrogens (tertiary/aromatic N) is 3. The largest absolute Gasteiger partial charge is 0.308 e. The molecule has 1 rings (SSSR count). The molecule has 0 spiro atoms. The lowest BCUT2D eigenvalue weighted by Crippen LogP contribution is -2.40. The second kappa shape index (κ2) is 8.15. The topological polar surface area (TPSA) is 53.0 Å². The fourth-order valence-corrected chi connectivity index (χ4v) is 2.88. The number of hydrazone groups is 1. The Hall–Kier alpha value is -1.23. The Morgan fingerprint density at radius 2 is 1.85 bits per heavy atom. The maximum Gasteiger partial charge on any atom is 0.246 e. The molecule has 2 atom stereocenters. The molecule has 20 heavy (non-hydrogen) atoms. The van der Waals surface area contributed by atoms with Crippen LogP contribution in [0.5, 0.6) is 0 Å². The second-order valence-corrected chi connectivity index (χ2v) is 5.96. The zero-order valence-electron chi connectivity index (χ0n) is 13.0. The third-order valence-electron chi connectivity index (χ3n) is 3.96. The van der Waals surface area contributed by atoms with Gasteiger partial charge < -0.3 is 9.69 Å². The van der Waals surface area contributed by atoms with E-state index in [1.54, 1.807) is 6.92 Å². The van der Waals surface area contributed by atoms with Gasteiger partial charge in [-0.05, 0) is 39.8 Å². The van der Waals surface area contributed by atoms with E-state index in [-0.39, 0.29) is 23.5 Å². The van der Waals surface area contributed by atoms with Crippen molar-refractivity contribution in [3.05, 3.63) is 0 Å². The van der Waals surface area contributed by atoms with Gasteiger partial charge in [0.1, 0.15) is 5.78 Å². The van der Waals surface area contributed by atoms with Gasteiger partial charge in [-0.2, -0.15) is 5.10 Å². The molecule has 0 bridgehead atoms. The number of amides is 1. The third kappa shape index (κ3) is 5.04. The fraction of sp³-hybridized carbons (Fsp3) is 0.800. The quantitative estimate of drug-likeness (QED) is 0.528. The Balaban J connectivity index is 2.69. The van der Waals surface area contributed by atoms with Gasteiger partial charge in [-0.25, -0.2) is 5.01 Å². The fourth-order valence-electron chi connectivity index (χ4n) is 2.88. The molecule has 1 saturated carbocycles. The van der Waals surface area contributed by atoms with Gasteiger partial charge in [-0.3, -0.25) is 4.79 Å². The van der Waals surface area contributed by atoms with Crippen LogP contribution in [0.15, 0.2) is 5.10 Å². The summed E-state index contributed by atoms with van der Waals surface area (Å²) >= 11 is 0. The highest BCUT2D eigenvalue weighted by Crippen LogP contribution is 2.33. The van der Waals surface area contributed by atoms with Crippen molar-refractivity contribution < 1.29 is 9.59 Å². The molecule has 0 aliphatic heterocycles. The van der Waals surface area contributed by atoms with E-state index in [0.717, 1.165) is 32.2 Å². The highest BCUT2D eigenvalue weighted by molar-refractivity contribution is 5.81. The molecule has 0 aromatic rings. The van der Waals surface area contributed by atoms with Crippen molar-refractivity contribution >= 4 is 18.4 Å². The van der Waals surface area contributed by atoms with Crippen molar-refractivity contribution in [2.24, 2.45) is 16.9 Å². The lowest BCUT2D eigenvalue weighted by molar-refractivity contribution is -0.139. The molecule has 5 nitrogen and oxygen atoms in total. The van der Waals surface area contributed by atoms with Gasteiger partial charge in [0, 0.05) is 25.6 Å². The number of Topliss-reactive ketones (excluding diaryl/α,β-unsaturated/α-hetero) is 1. The average molecular weight is 281 g/mol. The highest BCUT2D eigenvalue weighted by atomic mass is 16.2. The number of hydrogen-bond donors (Lipinski definition) is 0. The van der Waals surface area contributed by atoms with E-state index in [0.29, 0.717) is 13.0 Å². The Kier molecular flexibility index (Phi) is 6.85. The summed E-state index contributed by atoms with van der Waals surface area (Å²) in [5, 5.41) is 5.35. The summed E-state index contributed by atoms with van der Waals surface area (Å²) in [6.07, 6.45) is 4.51. The van der Waals surface area contributed by atoms with E-state index in [9.17, 15) is 9.59 Å². The van der Waals surface area contributed by atoms with Gasteiger partial charge in [0.2, 0.25) is 5.91 Å². The number of ketones is 1. The SMILES string of the molecule is C=NN(CCN(C)C)C(=O)[C@@H]1CCCC[C@@H]1CC(C)=O. The molecule has 0 heterocycles. The number of carbonyl (C=O) groups excluding carboxylic acids is 2. The minimum atomic E-state index is -0.0692. The van der Waals surface area contributed by atoms with Crippen molar-refractivity contribution in [2.75, 3.05) is 27.2 Å². The Morgan fingerprint density at radius 3 is 2.40 bits per heavy atom. The van der Waals surface area contributed by atoms with Crippen LogP contribution in [-0.4, -0.2) is 55.5 Å². The second-order valence-electron chi connectivity index (χ2n) is 5.96. The van der Waals surface area contributed by atoms with Crippen LogP contribution >= 0.6 is 0 Å². The number of carbonyl (C=O) groups is 2. The van der Waals surface area contributed by atoms with Crippen LogP contribution in [0, 0.1) is 11.8 Å². The smallest absolute Gasteiger partial charge is 0.246 e. The minimum absolute atomic E-state index is 0.0350. The first-order chi connectivity index (χ1) is 9.45. The molecule has 0 unspecified atom stereocenters. The maximum absolute atomic E-state index is 12.6. The lowest BCUT2D eigenvalue weighted by atomic mass is 9.76. The van der Waals surface area contributed by atoms with Gasteiger partial charge in [-0.15, -0.1) is 0 Å². The van der Waals surface area contributed by atoms with Crippen LogP contribution in [0.1, 0.15) is 39.0 Å². The van der Waals surface area contributed by atoms with Crippen LogP contribution in [0.25, 0.3) is 0 Å². The Labute approximate surface area is 122 Å². The van der Waals surface area contributed by atoms with Gasteiger partial charge in [0.25, 0.3) is 0 Å². The van der Waals surface area contributed by atoms with E-state index < -0.39 is 0 Å². The first-order valence-corrected chi connectivity index (χ1v) is 7.38. The van der Waals surface area contributed by atoms with Crippen LogP contribution in [0.4, 0.5) is 0 Å². The number of rotatable bonds is 7. The van der Waals surface area contributed by atoms with E-state index in [1.165, 1.54) is 5.01 Å². The van der Waals surface area contributed by atoms with Crippen molar-refractivity contribution in [1.82, 2.24) is 9.91 Å². The maximum atomic E-state index is 12.6. The zero-order valence-corrected chi connectivity index (χ0v) is 13.0. The summed E-state index contributed by atoms with van der Waals surface area (Å²) in [5.74, 6) is 0.312. The third-order valence-corrected chi connectivity index (χ3v) is 3.96. The summed E-state index contributed by atoms with van der Waals surface area (Å²) < 4.78 is 0. The lowest BCUT2D eigenvalue weighted by Gasteiger charge is -2.32. The molecule has 0 aromatic carbocycles. The molecule has 114 valence electrons. The Bertz CT molecular complexity index is 355. The summed E-state index contributed by atoms with van der Waals surface area (Å²) in [7, 11) is 3.93. The normalized spacial score (nSPS) is 22.6. The van der Waals surface area contributed by atoms with Crippen LogP contribution in [-0.2, 0) is 9.59 Å².